The van der Waals surface area contributed by atoms with Crippen LogP contribution in [0, 0.1) is 3.57 Å². The number of carbonyl (C=O) groups is 2. The lowest BCUT2D eigenvalue weighted by atomic mass is 10.1. The summed E-state index contributed by atoms with van der Waals surface area (Å²) in [5.74, 6) is -0.0175. The molecule has 5 nitrogen and oxygen atoms in total. The largest absolute Gasteiger partial charge is 0.444 e. The second-order valence-electron chi connectivity index (χ2n) is 6.88. The van der Waals surface area contributed by atoms with Crippen LogP contribution in [0.25, 0.3) is 0 Å². The average molecular weight is 509 g/mol. The molecule has 0 N–H and O–H groups in total. The minimum absolute atomic E-state index is 0.0175. The Morgan fingerprint density at radius 1 is 1.29 bits per heavy atom. The zero-order valence-corrected chi connectivity index (χ0v) is 18.0. The van der Waals surface area contributed by atoms with Gasteiger partial charge in [0.25, 0.3) is 5.91 Å². The highest BCUT2D eigenvalue weighted by molar-refractivity contribution is 14.1. The van der Waals surface area contributed by atoms with Crippen molar-refractivity contribution in [1.29, 1.82) is 0 Å². The Hall–Kier alpha value is -0.830. The smallest absolute Gasteiger partial charge is 0.410 e. The number of rotatable bonds is 1. The predicted octanol–water partition coefficient (Wildman–Crippen LogP) is 4.14. The van der Waals surface area contributed by atoms with Gasteiger partial charge in [-0.15, -0.1) is 0 Å². The number of hydrogen-bond acceptors (Lipinski definition) is 3. The first-order valence-electron chi connectivity index (χ1n) is 7.83. The van der Waals surface area contributed by atoms with Crippen molar-refractivity contribution in [3.05, 3.63) is 31.8 Å². The second kappa shape index (κ2) is 7.59. The first-order chi connectivity index (χ1) is 11.1. The topological polar surface area (TPSA) is 49.9 Å². The van der Waals surface area contributed by atoms with Gasteiger partial charge < -0.3 is 14.5 Å². The number of carbonyl (C=O) groups excluding carboxylic acids is 2. The quantitative estimate of drug-likeness (QED) is 0.536. The molecule has 0 spiro atoms. The number of nitrogens with zero attached hydrogens (tertiary/aromatic N) is 2. The maximum Gasteiger partial charge on any atom is 0.410 e. The highest BCUT2D eigenvalue weighted by Crippen LogP contribution is 2.25. The number of benzene rings is 1. The first-order valence-corrected chi connectivity index (χ1v) is 9.70. The van der Waals surface area contributed by atoms with Crippen LogP contribution in [0.1, 0.15) is 38.1 Å². The lowest BCUT2D eigenvalue weighted by Gasteiger charge is -2.40. The van der Waals surface area contributed by atoms with Gasteiger partial charge in [-0.3, -0.25) is 4.79 Å². The average Bonchev–Trinajstić information content (AvgIpc) is 2.47. The third-order valence-corrected chi connectivity index (χ3v) is 6.22. The Labute approximate surface area is 165 Å². The van der Waals surface area contributed by atoms with Crippen LogP contribution in [-0.4, -0.2) is 53.1 Å². The molecule has 0 saturated carbocycles. The second-order valence-corrected chi connectivity index (χ2v) is 8.83. The molecular weight excluding hydrogens is 487 g/mol. The highest BCUT2D eigenvalue weighted by Gasteiger charge is 2.33. The van der Waals surface area contributed by atoms with E-state index in [0.29, 0.717) is 25.2 Å². The summed E-state index contributed by atoms with van der Waals surface area (Å²) in [7, 11) is 0. The van der Waals surface area contributed by atoms with Gasteiger partial charge in [0.15, 0.2) is 0 Å². The van der Waals surface area contributed by atoms with Crippen LogP contribution in [-0.2, 0) is 4.74 Å². The van der Waals surface area contributed by atoms with Gasteiger partial charge in [-0.25, -0.2) is 4.79 Å². The monoisotopic (exact) mass is 508 g/mol. The van der Waals surface area contributed by atoms with E-state index < -0.39 is 5.60 Å². The fourth-order valence-corrected chi connectivity index (χ4v) is 3.51. The zero-order chi connectivity index (χ0) is 18.1. The van der Waals surface area contributed by atoms with E-state index in [1.54, 1.807) is 9.80 Å². The molecule has 0 radical (unpaired) electrons. The Morgan fingerprint density at radius 3 is 2.54 bits per heavy atom. The highest BCUT2D eigenvalue weighted by atomic mass is 127. The number of ether oxygens (including phenoxy) is 1. The van der Waals surface area contributed by atoms with E-state index in [2.05, 4.69) is 38.5 Å². The van der Waals surface area contributed by atoms with Crippen LogP contribution < -0.4 is 0 Å². The number of halogens is 2. The van der Waals surface area contributed by atoms with Gasteiger partial charge in [-0.2, -0.15) is 0 Å². The molecule has 1 heterocycles. The zero-order valence-electron chi connectivity index (χ0n) is 14.3. The maximum atomic E-state index is 12.8. The van der Waals surface area contributed by atoms with Gasteiger partial charge in [0.1, 0.15) is 5.60 Å². The molecule has 24 heavy (non-hydrogen) atoms. The molecule has 1 aliphatic heterocycles. The van der Waals surface area contributed by atoms with Crippen molar-refractivity contribution in [2.45, 2.75) is 39.3 Å². The molecule has 0 aromatic heterocycles. The summed E-state index contributed by atoms with van der Waals surface area (Å²) >= 11 is 5.69. The van der Waals surface area contributed by atoms with Gasteiger partial charge in [-0.1, -0.05) is 6.07 Å². The summed E-state index contributed by atoms with van der Waals surface area (Å²) in [6.45, 7) is 8.96. The minimum Gasteiger partial charge on any atom is -0.444 e. The van der Waals surface area contributed by atoms with E-state index in [1.165, 1.54) is 0 Å². The lowest BCUT2D eigenvalue weighted by Crippen LogP contribution is -2.56. The predicted molar refractivity (Wildman–Crippen MR) is 105 cm³/mol. The van der Waals surface area contributed by atoms with Crippen molar-refractivity contribution < 1.29 is 14.3 Å². The van der Waals surface area contributed by atoms with Crippen LogP contribution in [0.2, 0.25) is 0 Å². The van der Waals surface area contributed by atoms with Crippen LogP contribution in [0.3, 0.4) is 0 Å². The Kier molecular flexibility index (Phi) is 6.17. The molecule has 2 rings (SSSR count). The van der Waals surface area contributed by atoms with Gasteiger partial charge in [-0.05, 0) is 78.3 Å². The van der Waals surface area contributed by atoms with Crippen molar-refractivity contribution in [2.75, 3.05) is 19.6 Å². The summed E-state index contributed by atoms with van der Waals surface area (Å²) in [6, 6.07) is 5.56. The van der Waals surface area contributed by atoms with Gasteiger partial charge in [0, 0.05) is 33.7 Å². The van der Waals surface area contributed by atoms with Crippen molar-refractivity contribution in [3.8, 4) is 0 Å². The van der Waals surface area contributed by atoms with Crippen LogP contribution in [0.15, 0.2) is 22.7 Å². The summed E-state index contributed by atoms with van der Waals surface area (Å²) in [6.07, 6.45) is -0.322. The van der Waals surface area contributed by atoms with E-state index in [9.17, 15) is 9.59 Å². The van der Waals surface area contributed by atoms with E-state index in [1.807, 2.05) is 45.9 Å². The summed E-state index contributed by atoms with van der Waals surface area (Å²) in [5.41, 5.74) is 0.134. The maximum absolute atomic E-state index is 12.8. The molecule has 132 valence electrons. The normalized spacial score (nSPS) is 18.5. The first kappa shape index (κ1) is 19.5. The Bertz CT molecular complexity index is 645. The van der Waals surface area contributed by atoms with E-state index >= 15 is 0 Å². The number of piperazine rings is 1. The molecule has 1 aromatic carbocycles. The summed E-state index contributed by atoms with van der Waals surface area (Å²) in [5, 5.41) is 0. The van der Waals surface area contributed by atoms with Crippen molar-refractivity contribution in [1.82, 2.24) is 9.80 Å². The van der Waals surface area contributed by atoms with Crippen molar-refractivity contribution >= 4 is 50.5 Å². The molecule has 1 fully saturated rings. The standard InChI is InChI=1S/C17H22BrIN2O3/c1-11-10-20(8-9-21(11)16(23)24-17(2,3)4)15(22)12-6-5-7-13(19)14(12)18/h5-7,11H,8-10H2,1-4H3. The van der Waals surface area contributed by atoms with E-state index in [4.69, 9.17) is 4.74 Å². The molecule has 1 atom stereocenters. The van der Waals surface area contributed by atoms with Crippen LogP contribution in [0.4, 0.5) is 4.79 Å². The van der Waals surface area contributed by atoms with Crippen LogP contribution in [0.5, 0.6) is 0 Å². The molecule has 0 bridgehead atoms. The van der Waals surface area contributed by atoms with Gasteiger partial charge >= 0.3 is 6.09 Å². The van der Waals surface area contributed by atoms with Gasteiger partial charge in [0.2, 0.25) is 0 Å². The van der Waals surface area contributed by atoms with E-state index in [0.717, 1.165) is 8.04 Å². The van der Waals surface area contributed by atoms with E-state index in [-0.39, 0.29) is 18.0 Å². The number of hydrogen-bond donors (Lipinski definition) is 0. The molecule has 2 amide bonds. The van der Waals surface area contributed by atoms with Crippen molar-refractivity contribution in [3.63, 3.8) is 0 Å². The molecule has 1 aliphatic rings. The molecule has 0 aliphatic carbocycles. The molecular formula is C17H22BrIN2O3. The Balaban J connectivity index is 2.06. The third kappa shape index (κ3) is 4.62. The van der Waals surface area contributed by atoms with Crippen molar-refractivity contribution in [2.24, 2.45) is 0 Å². The lowest BCUT2D eigenvalue weighted by molar-refractivity contribution is 0.00197. The molecule has 1 aromatic rings. The molecule has 1 unspecified atom stereocenters. The van der Waals surface area contributed by atoms with Gasteiger partial charge in [0.05, 0.1) is 5.56 Å². The SMILES string of the molecule is CC1CN(C(=O)c2cccc(I)c2Br)CCN1C(=O)OC(C)(C)C. The Morgan fingerprint density at radius 2 is 1.96 bits per heavy atom. The minimum atomic E-state index is -0.519. The molecule has 1 saturated heterocycles. The summed E-state index contributed by atoms with van der Waals surface area (Å²) in [4.78, 5) is 28.5. The fourth-order valence-electron chi connectivity index (χ4n) is 2.57. The van der Waals surface area contributed by atoms with Crippen LogP contribution >= 0.6 is 38.5 Å². The number of amides is 2. The molecule has 7 heteroatoms. The summed E-state index contributed by atoms with van der Waals surface area (Å²) < 4.78 is 7.25. The fraction of sp³-hybridized carbons (Fsp3) is 0.529. The third-order valence-electron chi connectivity index (χ3n) is 3.72.